The number of benzene rings is 2. The summed E-state index contributed by atoms with van der Waals surface area (Å²) >= 11 is 0. The standard InChI is InChI=1S/C21H18N4O8S2.2H3N/c1-12-18(11-24(22-12)14-3-7-16(8-4-14)34(28,29)30)20(26)19-13(2)23-25(21(19)27)15-5-9-17(10-6-15)35(31,32)33;;/h3-11,23H,1-2H3,(H,28,29,30)(H,31,32,33);2*1H3. The van der Waals surface area contributed by atoms with Crippen molar-refractivity contribution in [1.29, 1.82) is 0 Å². The number of H-pyrrole nitrogens is 1. The molecule has 2 aromatic heterocycles. The first-order valence-electron chi connectivity index (χ1n) is 9.86. The fourth-order valence-electron chi connectivity index (χ4n) is 3.48. The number of carbonyl (C=O) groups is 1. The van der Waals surface area contributed by atoms with Gasteiger partial charge in [-0.05, 0) is 62.4 Å². The lowest BCUT2D eigenvalue weighted by Gasteiger charge is -2.02. The molecule has 0 aliphatic heterocycles. The van der Waals surface area contributed by atoms with E-state index in [4.69, 9.17) is 9.11 Å². The summed E-state index contributed by atoms with van der Waals surface area (Å²) in [5.74, 6) is -0.602. The van der Waals surface area contributed by atoms with E-state index < -0.39 is 31.6 Å². The maximum absolute atomic E-state index is 13.3. The Morgan fingerprint density at radius 2 is 1.30 bits per heavy atom. The van der Waals surface area contributed by atoms with Crippen molar-refractivity contribution in [2.75, 3.05) is 0 Å². The molecule has 0 spiro atoms. The summed E-state index contributed by atoms with van der Waals surface area (Å²) in [6, 6.07) is 10.0. The van der Waals surface area contributed by atoms with Crippen LogP contribution in [0.15, 0.2) is 69.3 Å². The number of aromatic nitrogens is 4. The molecule has 198 valence electrons. The Bertz CT molecular complexity index is 1730. The largest absolute Gasteiger partial charge is 0.344 e. The molecular weight excluding hydrogens is 528 g/mol. The lowest BCUT2D eigenvalue weighted by molar-refractivity contribution is 0.103. The van der Waals surface area contributed by atoms with Crippen LogP contribution in [-0.2, 0) is 20.2 Å². The zero-order chi connectivity index (χ0) is 25.7. The van der Waals surface area contributed by atoms with Crippen molar-refractivity contribution in [1.82, 2.24) is 31.9 Å². The van der Waals surface area contributed by atoms with Crippen LogP contribution in [0.4, 0.5) is 0 Å². The van der Waals surface area contributed by atoms with E-state index in [2.05, 4.69) is 10.2 Å². The molecule has 0 bridgehead atoms. The lowest BCUT2D eigenvalue weighted by Crippen LogP contribution is -2.21. The third-order valence-corrected chi connectivity index (χ3v) is 6.97. The highest BCUT2D eigenvalue weighted by molar-refractivity contribution is 7.86. The second kappa shape index (κ2) is 10.2. The molecule has 0 fully saturated rings. The Morgan fingerprint density at radius 1 is 0.838 bits per heavy atom. The number of hydrogen-bond acceptors (Lipinski definition) is 9. The van der Waals surface area contributed by atoms with Crippen LogP contribution >= 0.6 is 0 Å². The van der Waals surface area contributed by atoms with Crippen LogP contribution in [0.1, 0.15) is 27.3 Å². The number of nitrogens with zero attached hydrogens (tertiary/aromatic N) is 3. The Kier molecular flexibility index (Phi) is 8.08. The molecule has 16 heteroatoms. The third kappa shape index (κ3) is 5.58. The van der Waals surface area contributed by atoms with Gasteiger partial charge in [0.15, 0.2) is 0 Å². The van der Waals surface area contributed by atoms with Crippen molar-refractivity contribution in [2.24, 2.45) is 0 Å². The Labute approximate surface area is 211 Å². The van der Waals surface area contributed by atoms with Gasteiger partial charge in [0.1, 0.15) is 5.56 Å². The molecule has 0 saturated heterocycles. The number of carbonyl (C=O) groups excluding carboxylic acids is 1. The van der Waals surface area contributed by atoms with Gasteiger partial charge in [-0.15, -0.1) is 0 Å². The summed E-state index contributed by atoms with van der Waals surface area (Å²) in [5.41, 5.74) is 0.570. The third-order valence-electron chi connectivity index (χ3n) is 5.23. The highest BCUT2D eigenvalue weighted by Crippen LogP contribution is 2.19. The van der Waals surface area contributed by atoms with Crippen molar-refractivity contribution in [2.45, 2.75) is 23.6 Å². The molecule has 0 aliphatic carbocycles. The van der Waals surface area contributed by atoms with E-state index in [1.807, 2.05) is 0 Å². The molecule has 0 saturated carbocycles. The number of ketones is 1. The SMILES string of the molecule is Cc1nn(-c2ccc(S(=O)(=O)O)cc2)cc1C(=O)c1c(C)[nH]n(-c2ccc(S(=O)(=O)O)cc2)c1=O.N.N. The number of aromatic amines is 1. The summed E-state index contributed by atoms with van der Waals surface area (Å²) in [6.45, 7) is 3.11. The second-order valence-corrected chi connectivity index (χ2v) is 10.4. The van der Waals surface area contributed by atoms with Gasteiger partial charge >= 0.3 is 0 Å². The van der Waals surface area contributed by atoms with E-state index in [1.165, 1.54) is 54.2 Å². The fourth-order valence-corrected chi connectivity index (χ4v) is 4.44. The van der Waals surface area contributed by atoms with Crippen molar-refractivity contribution in [3.05, 3.63) is 87.6 Å². The molecule has 2 aromatic carbocycles. The van der Waals surface area contributed by atoms with Crippen LogP contribution in [0, 0.1) is 13.8 Å². The van der Waals surface area contributed by atoms with Crippen LogP contribution in [0.25, 0.3) is 11.4 Å². The molecule has 0 atom stereocenters. The molecule has 4 rings (SSSR count). The van der Waals surface area contributed by atoms with Crippen LogP contribution in [0.3, 0.4) is 0 Å². The molecule has 9 N–H and O–H groups in total. The van der Waals surface area contributed by atoms with Gasteiger partial charge in [-0.25, -0.2) is 9.36 Å². The van der Waals surface area contributed by atoms with E-state index in [1.54, 1.807) is 6.92 Å². The second-order valence-electron chi connectivity index (χ2n) is 7.59. The number of rotatable bonds is 6. The van der Waals surface area contributed by atoms with Gasteiger partial charge in [0.25, 0.3) is 25.8 Å². The van der Waals surface area contributed by atoms with E-state index >= 15 is 0 Å². The summed E-state index contributed by atoms with van der Waals surface area (Å²) in [4.78, 5) is 25.7. The van der Waals surface area contributed by atoms with Gasteiger partial charge in [0.2, 0.25) is 5.78 Å². The molecule has 37 heavy (non-hydrogen) atoms. The highest BCUT2D eigenvalue weighted by atomic mass is 32.2. The first-order chi connectivity index (χ1) is 16.3. The van der Waals surface area contributed by atoms with E-state index in [9.17, 15) is 26.4 Å². The van der Waals surface area contributed by atoms with E-state index in [0.29, 0.717) is 11.4 Å². The summed E-state index contributed by atoms with van der Waals surface area (Å²) < 4.78 is 65.6. The van der Waals surface area contributed by atoms with Crippen molar-refractivity contribution < 1.29 is 30.7 Å². The minimum absolute atomic E-state index is 0. The van der Waals surface area contributed by atoms with Crippen LogP contribution in [0.5, 0.6) is 0 Å². The Balaban J connectivity index is 0.00000241. The number of aryl methyl sites for hydroxylation is 2. The van der Waals surface area contributed by atoms with Crippen LogP contribution in [-0.4, -0.2) is 51.3 Å². The van der Waals surface area contributed by atoms with Crippen molar-refractivity contribution >= 4 is 26.0 Å². The minimum Gasteiger partial charge on any atom is -0.344 e. The average Bonchev–Trinajstić information content (AvgIpc) is 3.31. The Hall–Kier alpha value is -3.93. The van der Waals surface area contributed by atoms with Gasteiger partial charge in [-0.1, -0.05) is 0 Å². The Morgan fingerprint density at radius 3 is 1.76 bits per heavy atom. The zero-order valence-electron chi connectivity index (χ0n) is 19.6. The molecule has 0 amide bonds. The summed E-state index contributed by atoms with van der Waals surface area (Å²) in [6.07, 6.45) is 1.40. The van der Waals surface area contributed by atoms with E-state index in [0.717, 1.165) is 16.8 Å². The topological polar surface area (TPSA) is 251 Å². The van der Waals surface area contributed by atoms with Gasteiger partial charge in [-0.2, -0.15) is 21.9 Å². The monoisotopic (exact) mass is 552 g/mol. The van der Waals surface area contributed by atoms with Crippen LogP contribution < -0.4 is 17.9 Å². The maximum Gasteiger partial charge on any atom is 0.294 e. The zero-order valence-corrected chi connectivity index (χ0v) is 21.2. The minimum atomic E-state index is -4.40. The molecule has 0 unspecified atom stereocenters. The summed E-state index contributed by atoms with van der Waals surface area (Å²) in [7, 11) is -8.76. The lowest BCUT2D eigenvalue weighted by atomic mass is 10.1. The van der Waals surface area contributed by atoms with Crippen LogP contribution in [0.2, 0.25) is 0 Å². The van der Waals surface area contributed by atoms with Gasteiger partial charge in [0, 0.05) is 11.9 Å². The van der Waals surface area contributed by atoms with Gasteiger partial charge < -0.3 is 12.3 Å². The van der Waals surface area contributed by atoms with Gasteiger partial charge in [-0.3, -0.25) is 23.8 Å². The van der Waals surface area contributed by atoms with Crippen molar-refractivity contribution in [3.63, 3.8) is 0 Å². The normalized spacial score (nSPS) is 11.5. The average molecular weight is 553 g/mol. The smallest absolute Gasteiger partial charge is 0.294 e. The molecule has 0 radical (unpaired) electrons. The molecule has 14 nitrogen and oxygen atoms in total. The quantitative estimate of drug-likeness (QED) is 0.171. The molecule has 0 aliphatic rings. The number of hydrogen-bond donors (Lipinski definition) is 5. The van der Waals surface area contributed by atoms with Gasteiger partial charge in [0.05, 0.1) is 32.4 Å². The predicted molar refractivity (Wildman–Crippen MR) is 133 cm³/mol. The molecular formula is C21H24N6O8S2. The first-order valence-corrected chi connectivity index (χ1v) is 12.7. The highest BCUT2D eigenvalue weighted by Gasteiger charge is 2.24. The van der Waals surface area contributed by atoms with E-state index in [-0.39, 0.29) is 44.6 Å². The molecule has 4 aromatic rings. The first kappa shape index (κ1) is 29.3. The predicted octanol–water partition coefficient (Wildman–Crippen LogP) is 2.02. The maximum atomic E-state index is 13.3. The number of nitrogens with one attached hydrogen (secondary N) is 1. The molecule has 2 heterocycles. The summed E-state index contributed by atoms with van der Waals surface area (Å²) in [5, 5.41) is 7.04. The fraction of sp³-hybridized carbons (Fsp3) is 0.0952. The van der Waals surface area contributed by atoms with Crippen molar-refractivity contribution in [3.8, 4) is 11.4 Å².